The van der Waals surface area contributed by atoms with E-state index < -0.39 is 59.2 Å². The Morgan fingerprint density at radius 1 is 0.523 bits per heavy atom. The van der Waals surface area contributed by atoms with Gasteiger partial charge in [0.15, 0.2) is 23.0 Å². The number of piperidine rings is 2. The number of aromatic carboxylic acids is 1. The molecule has 0 bridgehead atoms. The van der Waals surface area contributed by atoms with Gasteiger partial charge in [0.25, 0.3) is 17.7 Å². The monoisotopic (exact) mass is 1200 g/mol. The third-order valence-corrected chi connectivity index (χ3v) is 14.4. The first-order valence-corrected chi connectivity index (χ1v) is 28.4. The zero-order chi connectivity index (χ0) is 63.2. The number of hydrogen-bond acceptors (Lipinski definition) is 14. The summed E-state index contributed by atoms with van der Waals surface area (Å²) >= 11 is 0. The van der Waals surface area contributed by atoms with Crippen LogP contribution in [0.15, 0.2) is 134 Å². The number of primary amides is 1. The van der Waals surface area contributed by atoms with Crippen LogP contribution in [-0.4, -0.2) is 104 Å². The van der Waals surface area contributed by atoms with Crippen LogP contribution in [0.2, 0.25) is 0 Å². The molecule has 456 valence electrons. The Kier molecular flexibility index (Phi) is 18.3. The average molecular weight is 1200 g/mol. The van der Waals surface area contributed by atoms with Gasteiger partial charge in [-0.1, -0.05) is 48.5 Å². The molecule has 2 fully saturated rings. The summed E-state index contributed by atoms with van der Waals surface area (Å²) in [6.45, 7) is 11.6. The van der Waals surface area contributed by atoms with Gasteiger partial charge in [-0.15, -0.1) is 0 Å². The average Bonchev–Trinajstić information content (AvgIpc) is 1.82. The van der Waals surface area contributed by atoms with Gasteiger partial charge < -0.3 is 42.6 Å². The summed E-state index contributed by atoms with van der Waals surface area (Å²) in [6, 6.07) is 30.5. The predicted octanol–water partition coefficient (Wildman–Crippen LogP) is 11.2. The van der Waals surface area contributed by atoms with Gasteiger partial charge in [-0.05, 0) is 175 Å². The number of anilines is 2. The molecule has 8 aromatic rings. The fourth-order valence-corrected chi connectivity index (χ4v) is 10.3. The van der Waals surface area contributed by atoms with Crippen molar-refractivity contribution < 1.29 is 52.1 Å². The van der Waals surface area contributed by atoms with Gasteiger partial charge in [0.2, 0.25) is 0 Å². The van der Waals surface area contributed by atoms with Gasteiger partial charge >= 0.3 is 18.2 Å². The number of ether oxygens (including phenoxy) is 2. The molecule has 4 aromatic heterocycles. The van der Waals surface area contributed by atoms with E-state index in [0.717, 1.165) is 57.3 Å². The van der Waals surface area contributed by atoms with E-state index in [4.69, 9.17) is 31.9 Å². The van der Waals surface area contributed by atoms with Crippen LogP contribution in [0.5, 0.6) is 0 Å². The Hall–Kier alpha value is -10.5. The number of nitrogens with two attached hydrogens (primary N) is 3. The summed E-state index contributed by atoms with van der Waals surface area (Å²) < 4.78 is 40.0. The zero-order valence-corrected chi connectivity index (χ0v) is 49.3. The second kappa shape index (κ2) is 26.0. The maximum absolute atomic E-state index is 13.3. The number of likely N-dealkylation sites (tertiary alicyclic amines) is 2. The van der Waals surface area contributed by atoms with Crippen LogP contribution < -0.4 is 28.1 Å². The number of nitrogens with one attached hydrogen (secondary N) is 2. The zero-order valence-electron chi connectivity index (χ0n) is 49.3. The largest absolute Gasteiger partial charge is 0.476 e. The summed E-state index contributed by atoms with van der Waals surface area (Å²) in [4.78, 5) is 97.7. The van der Waals surface area contributed by atoms with E-state index in [1.807, 2.05) is 0 Å². The first kappa shape index (κ1) is 62.0. The van der Waals surface area contributed by atoms with Crippen molar-refractivity contribution in [3.63, 3.8) is 0 Å². The van der Waals surface area contributed by atoms with Crippen molar-refractivity contribution in [3.05, 3.63) is 180 Å². The number of amides is 5. The molecule has 24 heteroatoms. The van der Waals surface area contributed by atoms with Crippen LogP contribution in [0.1, 0.15) is 145 Å². The predicted molar refractivity (Wildman–Crippen MR) is 325 cm³/mol. The molecule has 0 radical (unpaired) electrons. The summed E-state index contributed by atoms with van der Waals surface area (Å²) in [6.07, 6.45) is 6.44. The third-order valence-electron chi connectivity index (χ3n) is 14.4. The van der Waals surface area contributed by atoms with Gasteiger partial charge in [-0.25, -0.2) is 52.5 Å². The molecular formula is C64H67F2N13O9. The molecular weight excluding hydrogens is 1130 g/mol. The minimum Gasteiger partial charge on any atom is -0.476 e. The quantitative estimate of drug-likeness (QED) is 0.0620. The number of pyridine rings is 2. The second-order valence-electron chi connectivity index (χ2n) is 23.1. The number of benzene rings is 4. The molecule has 2 atom stereocenters. The first-order valence-electron chi connectivity index (χ1n) is 28.4. The normalized spacial score (nSPS) is 15.1. The summed E-state index contributed by atoms with van der Waals surface area (Å²) in [5.41, 5.74) is 9.07. The Balaban J connectivity index is 0.000000209. The Bertz CT molecular complexity index is 3640. The topological polar surface area (TPSA) is 311 Å². The molecule has 10 rings (SSSR count). The minimum atomic E-state index is -1.28. The lowest BCUT2D eigenvalue weighted by molar-refractivity contribution is 0.00723. The van der Waals surface area contributed by atoms with E-state index in [-0.39, 0.29) is 40.2 Å². The lowest BCUT2D eigenvalue weighted by Gasteiger charge is -2.36. The maximum atomic E-state index is 13.3. The van der Waals surface area contributed by atoms with E-state index in [1.54, 1.807) is 161 Å². The fraction of sp³-hybridized carbons (Fsp3) is 0.281. The number of carboxylic acids is 1. The molecule has 0 saturated carbocycles. The van der Waals surface area contributed by atoms with Crippen LogP contribution in [0.3, 0.4) is 0 Å². The number of imidazole rings is 2. The van der Waals surface area contributed by atoms with Crippen molar-refractivity contribution in [1.29, 1.82) is 0 Å². The molecule has 2 saturated heterocycles. The molecule has 0 spiro atoms. The number of nitrogen functional groups attached to an aromatic ring is 2. The van der Waals surface area contributed by atoms with Gasteiger partial charge in [0.05, 0.1) is 12.1 Å². The third kappa shape index (κ3) is 14.6. The second-order valence-corrected chi connectivity index (χ2v) is 23.1. The molecule has 0 unspecified atom stereocenters. The molecule has 9 N–H and O–H groups in total. The van der Waals surface area contributed by atoms with E-state index >= 15 is 0 Å². The summed E-state index contributed by atoms with van der Waals surface area (Å²) in [5, 5.41) is 15.6. The van der Waals surface area contributed by atoms with Crippen LogP contribution in [0, 0.1) is 11.6 Å². The number of carbonyl (C=O) groups excluding carboxylic acids is 5. The molecule has 88 heavy (non-hydrogen) atoms. The van der Waals surface area contributed by atoms with Gasteiger partial charge in [-0.2, -0.15) is 0 Å². The number of nitrogens with zero attached hydrogens (tertiary/aromatic N) is 8. The van der Waals surface area contributed by atoms with Crippen LogP contribution in [-0.2, 0) is 9.47 Å². The smallest absolute Gasteiger partial charge is 0.410 e. The van der Waals surface area contributed by atoms with Crippen molar-refractivity contribution in [1.82, 2.24) is 39.1 Å². The number of halogens is 2. The SMILES string of the molecule is CC(C)(C)OC(=O)N1CCCC[C@H]1c1nc(-c2ccc(C(=O)Nc3cc(-c4ccc(F)cc4)ccn3)cc2)c(C(=O)O)n1N.CC(C)(C)OC(=O)N1CCCC[C@H]1c1nc(-c2ccc(C(=O)Nc3cc(-c4ccc(F)cc4)ccn3)cc2)c(C(N)=O)n1N. The number of carbonyl (C=O) groups is 6. The Morgan fingerprint density at radius 3 is 1.25 bits per heavy atom. The van der Waals surface area contributed by atoms with Gasteiger partial charge in [0.1, 0.15) is 45.9 Å². The number of carboxylic acid groups (broad SMARTS) is 1. The molecule has 2 aliphatic heterocycles. The highest BCUT2D eigenvalue weighted by atomic mass is 19.1. The van der Waals surface area contributed by atoms with Crippen molar-refractivity contribution in [2.75, 3.05) is 35.4 Å². The first-order chi connectivity index (χ1) is 41.8. The molecule has 4 aromatic carbocycles. The molecule has 6 heterocycles. The molecule has 0 aliphatic carbocycles. The van der Waals surface area contributed by atoms with Crippen molar-refractivity contribution >= 4 is 47.5 Å². The van der Waals surface area contributed by atoms with Crippen LogP contribution in [0.4, 0.5) is 30.0 Å². The Labute approximate surface area is 505 Å². The lowest BCUT2D eigenvalue weighted by atomic mass is 10.0. The highest BCUT2D eigenvalue weighted by molar-refractivity contribution is 6.05. The maximum Gasteiger partial charge on any atom is 0.410 e. The van der Waals surface area contributed by atoms with Gasteiger partial charge in [0, 0.05) is 47.7 Å². The molecule has 5 amide bonds. The van der Waals surface area contributed by atoms with Crippen molar-refractivity contribution in [2.24, 2.45) is 5.73 Å². The number of hydrogen-bond donors (Lipinski definition) is 6. The summed E-state index contributed by atoms with van der Waals surface area (Å²) in [7, 11) is 0. The van der Waals surface area contributed by atoms with E-state index in [2.05, 4.69) is 25.6 Å². The van der Waals surface area contributed by atoms with Crippen molar-refractivity contribution in [2.45, 2.75) is 103 Å². The highest BCUT2D eigenvalue weighted by Gasteiger charge is 2.38. The van der Waals surface area contributed by atoms with Crippen molar-refractivity contribution in [3.8, 4) is 44.8 Å². The van der Waals surface area contributed by atoms with Crippen LogP contribution >= 0.6 is 0 Å². The molecule has 22 nitrogen and oxygen atoms in total. The van der Waals surface area contributed by atoms with E-state index in [0.29, 0.717) is 65.6 Å². The van der Waals surface area contributed by atoms with E-state index in [1.165, 1.54) is 24.3 Å². The standard InChI is InChI=1S/C32H34FN7O4.C32H33FN6O5/c1-32(2,3)44-31(43)39-17-5-4-6-24(39)29-38-26(27(28(34)41)40(29)35)20-7-9-21(10-8-20)30(42)37-25-18-22(15-16-36-25)19-11-13-23(33)14-12-19;1-32(2,3)44-31(43)38-17-5-4-6-24(38)28-37-26(27(30(41)42)39(28)34)20-7-9-21(10-8-20)29(40)36-25-18-22(15-16-35-25)19-11-13-23(33)14-12-19/h7-16,18,24H,4-6,17,35H2,1-3H3,(H2,34,41)(H,36,37,42);7-16,18,24H,4-6,17,34H2,1-3H3,(H,41,42)(H,35,36,40)/t2*24-/m00/s1. The summed E-state index contributed by atoms with van der Waals surface area (Å²) in [5.74, 6) is 10.3. The lowest BCUT2D eigenvalue weighted by Crippen LogP contribution is -2.43. The van der Waals surface area contributed by atoms with E-state index in [9.17, 15) is 42.7 Å². The number of aromatic nitrogens is 6. The number of rotatable bonds is 12. The minimum absolute atomic E-state index is 0.0197. The Morgan fingerprint density at radius 2 is 0.886 bits per heavy atom. The highest BCUT2D eigenvalue weighted by Crippen LogP contribution is 2.37. The fourth-order valence-electron chi connectivity index (χ4n) is 10.3. The van der Waals surface area contributed by atoms with Gasteiger partial charge in [-0.3, -0.25) is 24.2 Å². The van der Waals surface area contributed by atoms with Crippen LogP contribution in [0.25, 0.3) is 44.8 Å². The molecule has 2 aliphatic rings.